The highest BCUT2D eigenvalue weighted by Crippen LogP contribution is 2.41. The van der Waals surface area contributed by atoms with Gasteiger partial charge in [0.2, 0.25) is 0 Å². The molecule has 0 amide bonds. The molecule has 1 aliphatic rings. The summed E-state index contributed by atoms with van der Waals surface area (Å²) in [6, 6.07) is 1.72. The lowest BCUT2D eigenvalue weighted by Gasteiger charge is -2.03. The minimum atomic E-state index is -1.03. The van der Waals surface area contributed by atoms with Crippen LogP contribution in [0.15, 0.2) is 12.1 Å². The summed E-state index contributed by atoms with van der Waals surface area (Å²) in [7, 11) is 0. The van der Waals surface area contributed by atoms with Crippen molar-refractivity contribution in [1.29, 1.82) is 0 Å². The predicted octanol–water partition coefficient (Wildman–Crippen LogP) is 3.46. The van der Waals surface area contributed by atoms with Crippen molar-refractivity contribution in [3.8, 4) is 0 Å². The van der Waals surface area contributed by atoms with Gasteiger partial charge in [-0.25, -0.2) is 8.78 Å². The van der Waals surface area contributed by atoms with Crippen molar-refractivity contribution < 1.29 is 13.6 Å². The Bertz CT molecular complexity index is 431. The maximum atomic E-state index is 12.9. The summed E-state index contributed by atoms with van der Waals surface area (Å²) in [5, 5.41) is -0.0157. The number of hydrogen-bond donors (Lipinski definition) is 0. The molecule has 0 bridgehead atoms. The maximum absolute atomic E-state index is 12.9. The second-order valence-electron chi connectivity index (χ2n) is 3.93. The first-order chi connectivity index (χ1) is 7.00. The van der Waals surface area contributed by atoms with Gasteiger partial charge in [0, 0.05) is 11.5 Å². The Morgan fingerprint density at radius 3 is 2.47 bits per heavy atom. The van der Waals surface area contributed by atoms with Crippen LogP contribution < -0.4 is 0 Å². The lowest BCUT2D eigenvalue weighted by Crippen LogP contribution is -2.05. The minimum Gasteiger partial charge on any atom is -0.294 e. The topological polar surface area (TPSA) is 17.1 Å². The summed E-state index contributed by atoms with van der Waals surface area (Å²) in [4.78, 5) is 11.7. The fraction of sp³-hybridized carbons (Fsp3) is 0.364. The number of Topliss-reactive ketones (excluding diaryl/α,β-unsaturated/α-hetero) is 1. The molecule has 0 N–H and O–H groups in total. The van der Waals surface area contributed by atoms with Crippen LogP contribution >= 0.6 is 11.6 Å². The fourth-order valence-corrected chi connectivity index (χ4v) is 1.84. The molecule has 1 saturated carbocycles. The van der Waals surface area contributed by atoms with Gasteiger partial charge in [-0.3, -0.25) is 4.79 Å². The van der Waals surface area contributed by atoms with Crippen molar-refractivity contribution in [2.45, 2.75) is 13.3 Å². The lowest BCUT2D eigenvalue weighted by atomic mass is 10.1. The average molecular weight is 231 g/mol. The average Bonchev–Trinajstić information content (AvgIpc) is 2.88. The monoisotopic (exact) mass is 230 g/mol. The van der Waals surface area contributed by atoms with Gasteiger partial charge >= 0.3 is 0 Å². The van der Waals surface area contributed by atoms with Crippen LogP contribution in [0.25, 0.3) is 0 Å². The highest BCUT2D eigenvalue weighted by atomic mass is 35.5. The first kappa shape index (κ1) is 10.6. The highest BCUT2D eigenvalue weighted by molar-refractivity contribution is 6.34. The summed E-state index contributed by atoms with van der Waals surface area (Å²) in [6.07, 6.45) is 0.800. The Morgan fingerprint density at radius 1 is 1.40 bits per heavy atom. The molecule has 0 spiro atoms. The van der Waals surface area contributed by atoms with E-state index >= 15 is 0 Å². The molecule has 2 rings (SSSR count). The van der Waals surface area contributed by atoms with Gasteiger partial charge in [-0.15, -0.1) is 0 Å². The smallest absolute Gasteiger partial charge is 0.167 e. The molecule has 1 aromatic rings. The van der Waals surface area contributed by atoms with Crippen LogP contribution in [0, 0.1) is 23.5 Å². The zero-order valence-corrected chi connectivity index (χ0v) is 8.81. The van der Waals surface area contributed by atoms with E-state index in [1.165, 1.54) is 0 Å². The van der Waals surface area contributed by atoms with Crippen LogP contribution in [-0.4, -0.2) is 5.78 Å². The SMILES string of the molecule is CC1CC1C(=O)c1cc(F)c(F)cc1Cl. The van der Waals surface area contributed by atoms with Crippen LogP contribution in [0.3, 0.4) is 0 Å². The maximum Gasteiger partial charge on any atom is 0.167 e. The van der Waals surface area contributed by atoms with E-state index in [4.69, 9.17) is 11.6 Å². The largest absolute Gasteiger partial charge is 0.294 e. The number of hydrogen-bond acceptors (Lipinski definition) is 1. The number of rotatable bonds is 2. The van der Waals surface area contributed by atoms with Crippen molar-refractivity contribution in [3.05, 3.63) is 34.4 Å². The molecule has 0 aliphatic heterocycles. The second-order valence-corrected chi connectivity index (χ2v) is 4.34. The van der Waals surface area contributed by atoms with Gasteiger partial charge in [-0.2, -0.15) is 0 Å². The summed E-state index contributed by atoms with van der Waals surface area (Å²) in [6.45, 7) is 1.94. The fourth-order valence-electron chi connectivity index (χ4n) is 1.60. The molecule has 1 aliphatic carbocycles. The molecule has 2 atom stereocenters. The third-order valence-corrected chi connectivity index (χ3v) is 3.03. The van der Waals surface area contributed by atoms with E-state index in [9.17, 15) is 13.6 Å². The van der Waals surface area contributed by atoms with Gasteiger partial charge in [0.15, 0.2) is 17.4 Å². The molecular formula is C11H9ClF2O. The quantitative estimate of drug-likeness (QED) is 0.562. The molecular weight excluding hydrogens is 222 g/mol. The zero-order chi connectivity index (χ0) is 11.2. The molecule has 4 heteroatoms. The molecule has 80 valence electrons. The summed E-state index contributed by atoms with van der Waals surface area (Å²) >= 11 is 5.69. The first-order valence-electron chi connectivity index (χ1n) is 4.69. The lowest BCUT2D eigenvalue weighted by molar-refractivity contribution is 0.0962. The van der Waals surface area contributed by atoms with E-state index in [0.29, 0.717) is 5.92 Å². The van der Waals surface area contributed by atoms with Crippen LogP contribution in [0.5, 0.6) is 0 Å². The number of carbonyl (C=O) groups excluding carboxylic acids is 1. The molecule has 1 aromatic carbocycles. The summed E-state index contributed by atoms with van der Waals surface area (Å²) < 4.78 is 25.7. The standard InChI is InChI=1S/C11H9ClF2O/c1-5-2-6(5)11(15)7-3-9(13)10(14)4-8(7)12/h3-6H,2H2,1H3. The second kappa shape index (κ2) is 3.56. The van der Waals surface area contributed by atoms with E-state index in [1.807, 2.05) is 6.92 Å². The molecule has 1 nitrogen and oxygen atoms in total. The van der Waals surface area contributed by atoms with E-state index in [1.54, 1.807) is 0 Å². The molecule has 0 heterocycles. The Kier molecular flexibility index (Phi) is 2.51. The van der Waals surface area contributed by atoms with Gasteiger partial charge in [0.25, 0.3) is 0 Å². The third kappa shape index (κ3) is 1.88. The van der Waals surface area contributed by atoms with Crippen molar-refractivity contribution in [2.24, 2.45) is 11.8 Å². The van der Waals surface area contributed by atoms with E-state index in [-0.39, 0.29) is 22.3 Å². The van der Waals surface area contributed by atoms with Crippen LogP contribution in [0.2, 0.25) is 5.02 Å². The Morgan fingerprint density at radius 2 is 1.93 bits per heavy atom. The van der Waals surface area contributed by atoms with Gasteiger partial charge in [-0.05, 0) is 24.5 Å². The van der Waals surface area contributed by atoms with Crippen molar-refractivity contribution in [2.75, 3.05) is 0 Å². The molecule has 1 fully saturated rings. The predicted molar refractivity (Wildman–Crippen MR) is 53.0 cm³/mol. The van der Waals surface area contributed by atoms with Gasteiger partial charge in [-0.1, -0.05) is 18.5 Å². The Hall–Kier alpha value is -0.960. The van der Waals surface area contributed by atoms with E-state index in [0.717, 1.165) is 18.6 Å². The number of carbonyl (C=O) groups is 1. The molecule has 0 saturated heterocycles. The third-order valence-electron chi connectivity index (χ3n) is 2.72. The number of benzene rings is 1. The van der Waals surface area contributed by atoms with E-state index in [2.05, 4.69) is 0 Å². The van der Waals surface area contributed by atoms with Crippen LogP contribution in [0.1, 0.15) is 23.7 Å². The van der Waals surface area contributed by atoms with Gasteiger partial charge in [0.05, 0.1) is 5.02 Å². The Labute approximate surface area is 91.0 Å². The van der Waals surface area contributed by atoms with Gasteiger partial charge in [0.1, 0.15) is 0 Å². The molecule has 2 unspecified atom stereocenters. The number of ketones is 1. The number of halogens is 3. The molecule has 0 radical (unpaired) electrons. The minimum absolute atomic E-state index is 0.0157. The molecule has 15 heavy (non-hydrogen) atoms. The zero-order valence-electron chi connectivity index (χ0n) is 8.06. The normalized spacial score (nSPS) is 24.0. The summed E-state index contributed by atoms with van der Waals surface area (Å²) in [5.74, 6) is -2.00. The van der Waals surface area contributed by atoms with Crippen molar-refractivity contribution >= 4 is 17.4 Å². The van der Waals surface area contributed by atoms with E-state index < -0.39 is 11.6 Å². The highest BCUT2D eigenvalue weighted by Gasteiger charge is 2.40. The van der Waals surface area contributed by atoms with Crippen LogP contribution in [-0.2, 0) is 0 Å². The first-order valence-corrected chi connectivity index (χ1v) is 5.07. The van der Waals surface area contributed by atoms with Crippen LogP contribution in [0.4, 0.5) is 8.78 Å². The Balaban J connectivity index is 2.36. The van der Waals surface area contributed by atoms with Gasteiger partial charge < -0.3 is 0 Å². The molecule has 0 aromatic heterocycles. The van der Waals surface area contributed by atoms with Crippen molar-refractivity contribution in [1.82, 2.24) is 0 Å². The summed E-state index contributed by atoms with van der Waals surface area (Å²) in [5.41, 5.74) is 0.0879. The van der Waals surface area contributed by atoms with Crippen molar-refractivity contribution in [3.63, 3.8) is 0 Å².